The fourth-order valence-corrected chi connectivity index (χ4v) is 6.28. The summed E-state index contributed by atoms with van der Waals surface area (Å²) in [6.07, 6.45) is 3.73. The first-order chi connectivity index (χ1) is 16.6. The van der Waals surface area contributed by atoms with Gasteiger partial charge < -0.3 is 25.8 Å². The summed E-state index contributed by atoms with van der Waals surface area (Å²) in [7, 11) is 0. The Hall–Kier alpha value is -3.12. The van der Waals surface area contributed by atoms with Gasteiger partial charge in [0.15, 0.2) is 17.2 Å². The molecule has 2 unspecified atom stereocenters. The van der Waals surface area contributed by atoms with Gasteiger partial charge in [-0.15, -0.1) is 11.3 Å². The van der Waals surface area contributed by atoms with Crippen LogP contribution in [-0.2, 0) is 9.59 Å². The molecule has 0 aliphatic heterocycles. The lowest BCUT2D eigenvalue weighted by molar-refractivity contribution is -0.139. The summed E-state index contributed by atoms with van der Waals surface area (Å²) in [6.45, 7) is -0.699. The third-order valence-electron chi connectivity index (χ3n) is 5.85. The zero-order valence-corrected chi connectivity index (χ0v) is 21.0. The summed E-state index contributed by atoms with van der Waals surface area (Å²) >= 11 is 4.26. The van der Waals surface area contributed by atoms with Gasteiger partial charge in [-0.3, -0.25) is 9.69 Å². The standard InChI is InChI=1S/C23H25BrN2O8S/c24-18-19(34-11-17(29)30)21(22(31)32)35-20(18)13-4-2-6-15(10-13)26(23(25)33)14-5-1-3-12(9-14)7-8-16(27)28/h2,4,6,10,12,14H,1,3,5,7-9,11H2,(H2,25,33)(H,27,28)(H,29,30)(H,31,32). The van der Waals surface area contributed by atoms with Crippen LogP contribution in [0.2, 0.25) is 0 Å². The van der Waals surface area contributed by atoms with Crippen LogP contribution in [0, 0.1) is 5.92 Å². The number of hydrogen-bond donors (Lipinski definition) is 4. The average Bonchev–Trinajstić information content (AvgIpc) is 3.13. The number of amides is 2. The number of thiophene rings is 1. The number of nitrogens with zero attached hydrogens (tertiary/aromatic N) is 1. The summed E-state index contributed by atoms with van der Waals surface area (Å²) in [4.78, 5) is 47.9. The van der Waals surface area contributed by atoms with E-state index in [1.165, 1.54) is 4.90 Å². The van der Waals surface area contributed by atoms with Crippen LogP contribution >= 0.6 is 27.3 Å². The molecule has 3 rings (SSSR count). The predicted octanol–water partition coefficient (Wildman–Crippen LogP) is 4.65. The van der Waals surface area contributed by atoms with Crippen molar-refractivity contribution in [3.05, 3.63) is 33.6 Å². The highest BCUT2D eigenvalue weighted by atomic mass is 79.9. The smallest absolute Gasteiger partial charge is 0.349 e. The number of primary amides is 1. The van der Waals surface area contributed by atoms with Gasteiger partial charge in [0.25, 0.3) is 0 Å². The number of aliphatic carboxylic acids is 2. The molecule has 0 bridgehead atoms. The van der Waals surface area contributed by atoms with E-state index in [4.69, 9.17) is 20.7 Å². The first kappa shape index (κ1) is 26.5. The maximum Gasteiger partial charge on any atom is 0.349 e. The van der Waals surface area contributed by atoms with Crippen molar-refractivity contribution in [1.82, 2.24) is 0 Å². The fourth-order valence-electron chi connectivity index (χ4n) is 4.39. The number of carboxylic acids is 3. The minimum atomic E-state index is -1.26. The van der Waals surface area contributed by atoms with Crippen LogP contribution in [-0.4, -0.2) is 51.9 Å². The van der Waals surface area contributed by atoms with Crippen molar-refractivity contribution in [2.45, 2.75) is 44.6 Å². The van der Waals surface area contributed by atoms with Crippen LogP contribution in [0.4, 0.5) is 10.5 Å². The molecular formula is C23H25BrN2O8S. The van der Waals surface area contributed by atoms with Gasteiger partial charge in [-0.05, 0) is 58.8 Å². The Labute approximate surface area is 213 Å². The second-order valence-corrected chi connectivity index (χ2v) is 10.1. The number of halogens is 1. The number of carbonyl (C=O) groups is 4. The van der Waals surface area contributed by atoms with Gasteiger partial charge in [0.05, 0.1) is 9.35 Å². The van der Waals surface area contributed by atoms with Gasteiger partial charge in [0, 0.05) is 18.2 Å². The number of benzene rings is 1. The summed E-state index contributed by atoms with van der Waals surface area (Å²) in [5.41, 5.74) is 6.88. The molecule has 10 nitrogen and oxygen atoms in total. The number of aromatic carboxylic acids is 1. The molecule has 1 saturated carbocycles. The molecule has 0 spiro atoms. The largest absolute Gasteiger partial charge is 0.481 e. The monoisotopic (exact) mass is 568 g/mol. The molecule has 1 aliphatic carbocycles. The highest BCUT2D eigenvalue weighted by Crippen LogP contribution is 2.46. The SMILES string of the molecule is NC(=O)N(c1cccc(-c2sc(C(=O)O)c(OCC(=O)O)c2Br)c1)C1CCCC(CCC(=O)O)C1. The van der Waals surface area contributed by atoms with E-state index < -0.39 is 30.5 Å². The Bertz CT molecular complexity index is 1130. The first-order valence-electron chi connectivity index (χ1n) is 10.9. The van der Waals surface area contributed by atoms with Gasteiger partial charge in [0.2, 0.25) is 0 Å². The summed E-state index contributed by atoms with van der Waals surface area (Å²) < 4.78 is 5.51. The van der Waals surface area contributed by atoms with Gasteiger partial charge in [-0.1, -0.05) is 25.0 Å². The van der Waals surface area contributed by atoms with E-state index in [-0.39, 0.29) is 29.0 Å². The highest BCUT2D eigenvalue weighted by molar-refractivity contribution is 9.10. The Balaban J connectivity index is 1.92. The maximum atomic E-state index is 12.5. The summed E-state index contributed by atoms with van der Waals surface area (Å²) in [5, 5.41) is 27.5. The van der Waals surface area contributed by atoms with Crippen LogP contribution < -0.4 is 15.4 Å². The molecule has 188 valence electrons. The number of urea groups is 1. The van der Waals surface area contributed by atoms with Gasteiger partial charge in [0.1, 0.15) is 0 Å². The minimum Gasteiger partial charge on any atom is -0.481 e. The van der Waals surface area contributed by atoms with Crippen molar-refractivity contribution in [3.63, 3.8) is 0 Å². The lowest BCUT2D eigenvalue weighted by Crippen LogP contribution is -2.46. The lowest BCUT2D eigenvalue weighted by atomic mass is 9.82. The number of ether oxygens (including phenoxy) is 1. The number of nitrogens with two attached hydrogens (primary N) is 1. The second-order valence-electron chi connectivity index (χ2n) is 8.27. The molecule has 2 aromatic rings. The lowest BCUT2D eigenvalue weighted by Gasteiger charge is -2.36. The van der Waals surface area contributed by atoms with E-state index in [0.717, 1.165) is 30.6 Å². The second kappa shape index (κ2) is 11.5. The summed E-state index contributed by atoms with van der Waals surface area (Å²) in [6, 6.07) is 6.09. The summed E-state index contributed by atoms with van der Waals surface area (Å²) in [5.74, 6) is -3.25. The number of hydrogen-bond acceptors (Lipinski definition) is 6. The number of carbonyl (C=O) groups excluding carboxylic acids is 1. The third kappa shape index (κ3) is 6.51. The Morgan fingerprint density at radius 2 is 1.89 bits per heavy atom. The Morgan fingerprint density at radius 1 is 1.14 bits per heavy atom. The zero-order chi connectivity index (χ0) is 25.7. The minimum absolute atomic E-state index is 0.0774. The Morgan fingerprint density at radius 3 is 2.51 bits per heavy atom. The third-order valence-corrected chi connectivity index (χ3v) is 8.08. The molecule has 12 heteroatoms. The number of anilines is 1. The van der Waals surface area contributed by atoms with Crippen LogP contribution in [0.1, 0.15) is 48.2 Å². The first-order valence-corrected chi connectivity index (χ1v) is 12.5. The quantitative estimate of drug-likeness (QED) is 0.321. The molecule has 1 aromatic carbocycles. The van der Waals surface area contributed by atoms with Crippen molar-refractivity contribution in [3.8, 4) is 16.2 Å². The van der Waals surface area contributed by atoms with Crippen molar-refractivity contribution < 1.29 is 39.2 Å². The normalized spacial score (nSPS) is 17.5. The molecule has 2 atom stereocenters. The van der Waals surface area contributed by atoms with Crippen LogP contribution in [0.3, 0.4) is 0 Å². The molecular weight excluding hydrogens is 544 g/mol. The number of rotatable bonds is 10. The molecule has 1 aromatic heterocycles. The van der Waals surface area contributed by atoms with Gasteiger partial charge in [-0.2, -0.15) is 0 Å². The maximum absolute atomic E-state index is 12.5. The van der Waals surface area contributed by atoms with Gasteiger partial charge >= 0.3 is 23.9 Å². The van der Waals surface area contributed by atoms with Crippen LogP contribution in [0.5, 0.6) is 5.75 Å². The zero-order valence-electron chi connectivity index (χ0n) is 18.6. The molecule has 0 saturated heterocycles. The van der Waals surface area contributed by atoms with E-state index >= 15 is 0 Å². The van der Waals surface area contributed by atoms with E-state index in [2.05, 4.69) is 15.9 Å². The van der Waals surface area contributed by atoms with E-state index in [0.29, 0.717) is 33.4 Å². The molecule has 2 amide bonds. The van der Waals surface area contributed by atoms with Crippen molar-refractivity contribution in [2.24, 2.45) is 11.7 Å². The molecule has 1 heterocycles. The molecule has 5 N–H and O–H groups in total. The van der Waals surface area contributed by atoms with Crippen LogP contribution in [0.25, 0.3) is 10.4 Å². The topological polar surface area (TPSA) is 167 Å². The molecule has 0 radical (unpaired) electrons. The van der Waals surface area contributed by atoms with Gasteiger partial charge in [-0.25, -0.2) is 14.4 Å². The van der Waals surface area contributed by atoms with E-state index in [1.54, 1.807) is 24.3 Å². The van der Waals surface area contributed by atoms with Crippen molar-refractivity contribution in [1.29, 1.82) is 0 Å². The fraction of sp³-hybridized carbons (Fsp3) is 0.391. The van der Waals surface area contributed by atoms with Crippen molar-refractivity contribution >= 4 is 56.9 Å². The molecule has 35 heavy (non-hydrogen) atoms. The average molecular weight is 569 g/mol. The van der Waals surface area contributed by atoms with E-state index in [1.807, 2.05) is 0 Å². The predicted molar refractivity (Wildman–Crippen MR) is 132 cm³/mol. The van der Waals surface area contributed by atoms with E-state index in [9.17, 15) is 24.3 Å². The molecule has 1 aliphatic rings. The number of carboxylic acid groups (broad SMARTS) is 3. The van der Waals surface area contributed by atoms with Crippen LogP contribution in [0.15, 0.2) is 28.7 Å². The Kier molecular flexibility index (Phi) is 8.73. The highest BCUT2D eigenvalue weighted by Gasteiger charge is 2.31. The molecule has 1 fully saturated rings. The van der Waals surface area contributed by atoms with Crippen molar-refractivity contribution in [2.75, 3.05) is 11.5 Å².